The summed E-state index contributed by atoms with van der Waals surface area (Å²) >= 11 is 0. The minimum atomic E-state index is -1.31. The summed E-state index contributed by atoms with van der Waals surface area (Å²) in [6, 6.07) is 0.121. The van der Waals surface area contributed by atoms with Crippen molar-refractivity contribution < 1.29 is 18.9 Å². The summed E-state index contributed by atoms with van der Waals surface area (Å²) < 4.78 is 12.2. The van der Waals surface area contributed by atoms with Crippen molar-refractivity contribution in [1.29, 1.82) is 0 Å². The molecule has 0 spiro atoms. The average molecular weight is 303 g/mol. The molecule has 2 N–H and O–H groups in total. The van der Waals surface area contributed by atoms with E-state index in [-0.39, 0.29) is 23.8 Å². The highest BCUT2D eigenvalue weighted by Crippen LogP contribution is 2.49. The van der Waals surface area contributed by atoms with Crippen molar-refractivity contribution in [2.75, 3.05) is 5.75 Å². The molecular formula is C14H25NO4S. The zero-order chi connectivity index (χ0) is 15.3. The van der Waals surface area contributed by atoms with Crippen LogP contribution in [0.1, 0.15) is 52.9 Å². The first-order chi connectivity index (χ1) is 9.33. The molecule has 1 rings (SSSR count). The first-order valence-electron chi connectivity index (χ1n) is 7.23. The van der Waals surface area contributed by atoms with Crippen LogP contribution in [0.15, 0.2) is 0 Å². The van der Waals surface area contributed by atoms with Gasteiger partial charge in [-0.15, -0.1) is 0 Å². The van der Waals surface area contributed by atoms with Crippen molar-refractivity contribution in [1.82, 2.24) is 5.32 Å². The highest BCUT2D eigenvalue weighted by molar-refractivity contribution is 7.86. The van der Waals surface area contributed by atoms with Gasteiger partial charge in [-0.3, -0.25) is 13.8 Å². The summed E-state index contributed by atoms with van der Waals surface area (Å²) in [6.07, 6.45) is 3.35. The summed E-state index contributed by atoms with van der Waals surface area (Å²) in [7, 11) is -1.31. The lowest BCUT2D eigenvalue weighted by Crippen LogP contribution is -2.42. The Balaban J connectivity index is 2.50. The lowest BCUT2D eigenvalue weighted by Gasteiger charge is -2.20. The Morgan fingerprint density at radius 2 is 1.85 bits per heavy atom. The second-order valence-corrected chi connectivity index (χ2v) is 7.52. The zero-order valence-corrected chi connectivity index (χ0v) is 13.3. The predicted molar refractivity (Wildman–Crippen MR) is 78.9 cm³/mol. The number of carbonyl (C=O) groups is 2. The summed E-state index contributed by atoms with van der Waals surface area (Å²) in [5.41, 5.74) is -0.333. The Morgan fingerprint density at radius 3 is 2.25 bits per heavy atom. The third-order valence-electron chi connectivity index (χ3n) is 4.03. The van der Waals surface area contributed by atoms with Gasteiger partial charge in [0, 0.05) is 22.6 Å². The van der Waals surface area contributed by atoms with E-state index in [9.17, 15) is 13.8 Å². The quantitative estimate of drug-likeness (QED) is 0.679. The van der Waals surface area contributed by atoms with E-state index in [0.29, 0.717) is 5.75 Å². The van der Waals surface area contributed by atoms with E-state index < -0.39 is 22.0 Å². The molecular weight excluding hydrogens is 278 g/mol. The smallest absolute Gasteiger partial charge is 0.303 e. The Labute approximate surface area is 123 Å². The second kappa shape index (κ2) is 7.20. The van der Waals surface area contributed by atoms with Crippen molar-refractivity contribution >= 4 is 22.7 Å². The fourth-order valence-electron chi connectivity index (χ4n) is 2.23. The number of nitrogens with one attached hydrogen (secondary N) is 1. The molecule has 2 unspecified atom stereocenters. The number of carboxylic acid groups (broad SMARTS) is 1. The second-order valence-electron chi connectivity index (χ2n) is 5.76. The lowest BCUT2D eigenvalue weighted by molar-refractivity contribution is -0.138. The standard InChI is InChI=1S/C14H25NO4S/c1-4-11(5-2)15-13(18)10(3)20(19)9-14(6-7-14)8-12(16)17/h10-11H,4-9H2,1-3H3,(H,15,18)(H,16,17). The molecule has 2 atom stereocenters. The highest BCUT2D eigenvalue weighted by atomic mass is 32.2. The number of carboxylic acids is 1. The third kappa shape index (κ3) is 4.89. The molecule has 0 aromatic carbocycles. The molecule has 0 aromatic heterocycles. The molecule has 0 heterocycles. The molecule has 0 aromatic rings. The number of hydrogen-bond acceptors (Lipinski definition) is 3. The van der Waals surface area contributed by atoms with Gasteiger partial charge in [0.25, 0.3) is 0 Å². The number of amides is 1. The normalized spacial score (nSPS) is 19.4. The van der Waals surface area contributed by atoms with E-state index in [0.717, 1.165) is 25.7 Å². The van der Waals surface area contributed by atoms with E-state index in [4.69, 9.17) is 5.11 Å². The molecule has 1 fully saturated rings. The van der Waals surface area contributed by atoms with Crippen molar-refractivity contribution in [2.24, 2.45) is 5.41 Å². The molecule has 1 saturated carbocycles. The van der Waals surface area contributed by atoms with E-state index in [1.807, 2.05) is 13.8 Å². The van der Waals surface area contributed by atoms with Crippen LogP contribution in [0.25, 0.3) is 0 Å². The first-order valence-corrected chi connectivity index (χ1v) is 8.61. The van der Waals surface area contributed by atoms with Gasteiger partial charge in [0.05, 0.1) is 6.42 Å². The van der Waals surface area contributed by atoms with Gasteiger partial charge < -0.3 is 10.4 Å². The molecule has 116 valence electrons. The predicted octanol–water partition coefficient (Wildman–Crippen LogP) is 1.68. The molecule has 0 radical (unpaired) electrons. The molecule has 0 aliphatic heterocycles. The van der Waals surface area contributed by atoms with E-state index >= 15 is 0 Å². The minimum Gasteiger partial charge on any atom is -0.481 e. The molecule has 1 amide bonds. The fourth-order valence-corrected chi connectivity index (χ4v) is 3.78. The summed E-state index contributed by atoms with van der Waals surface area (Å²) in [4.78, 5) is 22.8. The molecule has 6 heteroatoms. The van der Waals surface area contributed by atoms with E-state index in [2.05, 4.69) is 5.32 Å². The van der Waals surface area contributed by atoms with Crippen LogP contribution in [-0.2, 0) is 20.4 Å². The van der Waals surface area contributed by atoms with Crippen LogP contribution in [0.3, 0.4) is 0 Å². The zero-order valence-electron chi connectivity index (χ0n) is 12.5. The van der Waals surface area contributed by atoms with Crippen LogP contribution in [-0.4, -0.2) is 38.2 Å². The van der Waals surface area contributed by atoms with Gasteiger partial charge >= 0.3 is 5.97 Å². The van der Waals surface area contributed by atoms with Crippen LogP contribution in [0.4, 0.5) is 0 Å². The maximum atomic E-state index is 12.2. The van der Waals surface area contributed by atoms with Crippen LogP contribution in [0.5, 0.6) is 0 Å². The van der Waals surface area contributed by atoms with Gasteiger partial charge in [0.2, 0.25) is 5.91 Å². The third-order valence-corrected chi connectivity index (χ3v) is 5.93. The van der Waals surface area contributed by atoms with Crippen LogP contribution in [0, 0.1) is 5.41 Å². The van der Waals surface area contributed by atoms with Crippen LogP contribution in [0.2, 0.25) is 0 Å². The summed E-state index contributed by atoms with van der Waals surface area (Å²) in [5, 5.41) is 11.2. The Morgan fingerprint density at radius 1 is 1.30 bits per heavy atom. The minimum absolute atomic E-state index is 0.0552. The SMILES string of the molecule is CCC(CC)NC(=O)C(C)S(=O)CC1(CC(=O)O)CC1. The monoisotopic (exact) mass is 303 g/mol. The molecule has 0 saturated heterocycles. The van der Waals surface area contributed by atoms with Crippen LogP contribution >= 0.6 is 0 Å². The van der Waals surface area contributed by atoms with Crippen molar-refractivity contribution in [3.05, 3.63) is 0 Å². The van der Waals surface area contributed by atoms with E-state index in [1.165, 1.54) is 0 Å². The molecule has 1 aliphatic rings. The molecule has 5 nitrogen and oxygen atoms in total. The first kappa shape index (κ1) is 17.1. The van der Waals surface area contributed by atoms with Gasteiger partial charge in [-0.05, 0) is 38.0 Å². The summed E-state index contributed by atoms with van der Waals surface area (Å²) in [6.45, 7) is 5.66. The molecule has 0 bridgehead atoms. The molecule has 1 aliphatic carbocycles. The maximum absolute atomic E-state index is 12.2. The fraction of sp³-hybridized carbons (Fsp3) is 0.857. The number of hydrogen-bond donors (Lipinski definition) is 2. The van der Waals surface area contributed by atoms with Crippen molar-refractivity contribution in [3.8, 4) is 0 Å². The average Bonchev–Trinajstić information content (AvgIpc) is 3.12. The van der Waals surface area contributed by atoms with Crippen LogP contribution < -0.4 is 5.32 Å². The molecule has 20 heavy (non-hydrogen) atoms. The van der Waals surface area contributed by atoms with E-state index in [1.54, 1.807) is 6.92 Å². The number of carbonyl (C=O) groups excluding carboxylic acids is 1. The number of rotatable bonds is 9. The summed E-state index contributed by atoms with van der Waals surface area (Å²) in [5.74, 6) is -0.728. The van der Waals surface area contributed by atoms with Gasteiger partial charge in [-0.1, -0.05) is 13.8 Å². The maximum Gasteiger partial charge on any atom is 0.303 e. The van der Waals surface area contributed by atoms with Gasteiger partial charge in [-0.2, -0.15) is 0 Å². The Hall–Kier alpha value is -0.910. The topological polar surface area (TPSA) is 83.5 Å². The largest absolute Gasteiger partial charge is 0.481 e. The lowest BCUT2D eigenvalue weighted by atomic mass is 10.1. The Bertz CT molecular complexity index is 389. The Kier molecular flexibility index (Phi) is 6.17. The van der Waals surface area contributed by atoms with Crippen molar-refractivity contribution in [2.45, 2.75) is 64.2 Å². The van der Waals surface area contributed by atoms with Gasteiger partial charge in [0.1, 0.15) is 5.25 Å². The van der Waals surface area contributed by atoms with Gasteiger partial charge in [0.15, 0.2) is 0 Å². The van der Waals surface area contributed by atoms with Gasteiger partial charge in [-0.25, -0.2) is 0 Å². The van der Waals surface area contributed by atoms with Crippen molar-refractivity contribution in [3.63, 3.8) is 0 Å². The highest BCUT2D eigenvalue weighted by Gasteiger charge is 2.46. The number of aliphatic carboxylic acids is 1.